The van der Waals surface area contributed by atoms with E-state index in [4.69, 9.17) is 32.7 Å². The lowest BCUT2D eigenvalue weighted by molar-refractivity contribution is -0.384. The number of benzene rings is 2. The van der Waals surface area contributed by atoms with Crippen LogP contribution in [-0.2, 0) is 16.4 Å². The first-order valence-corrected chi connectivity index (χ1v) is 12.6. The van der Waals surface area contributed by atoms with E-state index in [1.807, 2.05) is 0 Å². The van der Waals surface area contributed by atoms with E-state index in [1.165, 1.54) is 55.6 Å². The molecular formula is C21H17Cl2N5O7S. The highest BCUT2D eigenvalue weighted by Crippen LogP contribution is 2.48. The number of nitro benzene ring substituents is 1. The van der Waals surface area contributed by atoms with Gasteiger partial charge in [0.1, 0.15) is 21.5 Å². The van der Waals surface area contributed by atoms with Crippen molar-refractivity contribution in [2.75, 3.05) is 30.3 Å². The number of nitrogens with zero attached hydrogens (tertiary/aromatic N) is 5. The number of carbonyl (C=O) groups excluding carboxylic acids is 1. The van der Waals surface area contributed by atoms with E-state index in [1.54, 1.807) is 0 Å². The second kappa shape index (κ2) is 9.41. The lowest BCUT2D eigenvalue weighted by Crippen LogP contribution is -2.46. The highest BCUT2D eigenvalue weighted by Gasteiger charge is 2.38. The number of urea groups is 1. The average molecular weight is 554 g/mol. The van der Waals surface area contributed by atoms with Gasteiger partial charge in [0, 0.05) is 36.2 Å². The van der Waals surface area contributed by atoms with Crippen LogP contribution < -0.4 is 19.3 Å². The topological polar surface area (TPSA) is 145 Å². The van der Waals surface area contributed by atoms with Crippen LogP contribution in [0.25, 0.3) is 0 Å². The van der Waals surface area contributed by atoms with Gasteiger partial charge in [-0.05, 0) is 12.1 Å². The Labute approximate surface area is 215 Å². The van der Waals surface area contributed by atoms with Crippen molar-refractivity contribution >= 4 is 62.0 Å². The smallest absolute Gasteiger partial charge is 0.335 e. The molecular weight excluding hydrogens is 537 g/mol. The second-order valence-electron chi connectivity index (χ2n) is 7.51. The zero-order valence-corrected chi connectivity index (χ0v) is 21.3. The number of aromatic nitrogens is 2. The molecule has 0 saturated heterocycles. The maximum Gasteiger partial charge on any atom is 0.335 e. The fraction of sp³-hybridized carbons (Fsp3) is 0.190. The van der Waals surface area contributed by atoms with Crippen molar-refractivity contribution in [3.8, 4) is 11.5 Å². The number of halogens is 2. The van der Waals surface area contributed by atoms with Crippen LogP contribution in [0.2, 0.25) is 10.0 Å². The van der Waals surface area contributed by atoms with Gasteiger partial charge in [-0.3, -0.25) is 15.0 Å². The predicted molar refractivity (Wildman–Crippen MR) is 132 cm³/mol. The number of fused-ring (bicyclic) bond motifs is 1. The third-order valence-electron chi connectivity index (χ3n) is 5.25. The van der Waals surface area contributed by atoms with Gasteiger partial charge in [0.2, 0.25) is 15.0 Å². The summed E-state index contributed by atoms with van der Waals surface area (Å²) >= 11 is 13.1. The maximum absolute atomic E-state index is 13.9. The Kier molecular flexibility index (Phi) is 6.64. The number of amides is 2. The quantitative estimate of drug-likeness (QED) is 0.246. The van der Waals surface area contributed by atoms with Crippen LogP contribution in [0.3, 0.4) is 0 Å². The first-order valence-electron chi connectivity index (χ1n) is 10.00. The van der Waals surface area contributed by atoms with Crippen molar-refractivity contribution < 1.29 is 27.6 Å². The average Bonchev–Trinajstić information content (AvgIpc) is 2.84. The van der Waals surface area contributed by atoms with Crippen LogP contribution in [0.4, 0.5) is 27.7 Å². The van der Waals surface area contributed by atoms with Crippen molar-refractivity contribution in [2.45, 2.75) is 11.7 Å². The zero-order valence-electron chi connectivity index (χ0n) is 18.9. The van der Waals surface area contributed by atoms with Crippen molar-refractivity contribution in [1.29, 1.82) is 0 Å². The third-order valence-corrected chi connectivity index (χ3v) is 6.84. The van der Waals surface area contributed by atoms with E-state index in [0.29, 0.717) is 5.56 Å². The fourth-order valence-corrected chi connectivity index (χ4v) is 4.76. The molecule has 0 fully saturated rings. The number of methoxy groups -OCH3 is 2. The Morgan fingerprint density at radius 1 is 1.08 bits per heavy atom. The van der Waals surface area contributed by atoms with Crippen molar-refractivity contribution in [3.63, 3.8) is 0 Å². The van der Waals surface area contributed by atoms with E-state index >= 15 is 0 Å². The summed E-state index contributed by atoms with van der Waals surface area (Å²) in [4.78, 5) is 34.8. The summed E-state index contributed by atoms with van der Waals surface area (Å²) in [5.74, 6) is 0.372. The highest BCUT2D eigenvalue weighted by molar-refractivity contribution is 7.90. The minimum Gasteiger partial charge on any atom is -0.495 e. The molecule has 2 aromatic carbocycles. The molecule has 0 bridgehead atoms. The number of hydrogen-bond donors (Lipinski definition) is 0. The summed E-state index contributed by atoms with van der Waals surface area (Å²) in [6.07, 6.45) is 2.21. The number of carbonyl (C=O) groups is 1. The van der Waals surface area contributed by atoms with E-state index in [2.05, 4.69) is 9.97 Å². The first-order chi connectivity index (χ1) is 17.0. The number of anilines is 3. The molecule has 2 amide bonds. The molecule has 36 heavy (non-hydrogen) atoms. The van der Waals surface area contributed by atoms with Crippen LogP contribution in [0, 0.1) is 10.1 Å². The predicted octanol–water partition coefficient (Wildman–Crippen LogP) is 4.39. The molecule has 15 heteroatoms. The molecule has 0 atom stereocenters. The number of rotatable bonds is 6. The van der Waals surface area contributed by atoms with Crippen LogP contribution in [0.1, 0.15) is 5.56 Å². The molecule has 0 radical (unpaired) electrons. The first kappa shape index (κ1) is 25.4. The summed E-state index contributed by atoms with van der Waals surface area (Å²) in [5.41, 5.74) is 0.402. The Balaban J connectivity index is 1.96. The largest absolute Gasteiger partial charge is 0.495 e. The zero-order chi connectivity index (χ0) is 26.4. The Morgan fingerprint density at radius 3 is 2.17 bits per heavy atom. The summed E-state index contributed by atoms with van der Waals surface area (Å²) in [7, 11) is -1.04. The number of non-ortho nitro benzene ring substituents is 1. The van der Waals surface area contributed by atoms with Crippen molar-refractivity contribution in [3.05, 3.63) is 62.3 Å². The van der Waals surface area contributed by atoms with Gasteiger partial charge in [0.05, 0.1) is 37.1 Å². The molecule has 0 N–H and O–H groups in total. The molecule has 188 valence electrons. The monoisotopic (exact) mass is 553 g/mol. The van der Waals surface area contributed by atoms with E-state index in [9.17, 15) is 23.3 Å². The second-order valence-corrected chi connectivity index (χ2v) is 10.2. The molecule has 3 aromatic rings. The molecule has 0 aliphatic carbocycles. The van der Waals surface area contributed by atoms with Crippen molar-refractivity contribution in [1.82, 2.24) is 9.97 Å². The van der Waals surface area contributed by atoms with Gasteiger partial charge in [0.15, 0.2) is 5.82 Å². The van der Waals surface area contributed by atoms with Crippen molar-refractivity contribution in [2.24, 2.45) is 0 Å². The van der Waals surface area contributed by atoms with Gasteiger partial charge in [-0.25, -0.2) is 23.1 Å². The third kappa shape index (κ3) is 4.36. The van der Waals surface area contributed by atoms with Crippen LogP contribution >= 0.6 is 23.2 Å². The van der Waals surface area contributed by atoms with Gasteiger partial charge < -0.3 is 9.47 Å². The summed E-state index contributed by atoms with van der Waals surface area (Å²) in [5, 5.41) is 10.7. The van der Waals surface area contributed by atoms with Crippen LogP contribution in [0.15, 0.2) is 41.7 Å². The SMILES string of the molecule is COc1cc(OC)c(Cl)c(N2Cc3cnc(S(C)(=O)=O)nc3N(c3ccc([N+](=O)[O-])cc3)C2=O)c1Cl. The highest BCUT2D eigenvalue weighted by atomic mass is 35.5. The normalized spacial score (nSPS) is 13.4. The fourth-order valence-electron chi connectivity index (χ4n) is 3.56. The van der Waals surface area contributed by atoms with Crippen LogP contribution in [0.5, 0.6) is 11.5 Å². The molecule has 1 aliphatic heterocycles. The van der Waals surface area contributed by atoms with Gasteiger partial charge in [0.25, 0.3) is 5.69 Å². The number of nitro groups is 1. The van der Waals surface area contributed by atoms with Crippen LogP contribution in [-0.4, -0.2) is 49.8 Å². The standard InChI is InChI=1S/C21H17Cl2N5O7S/c1-34-14-8-15(35-2)17(23)18(16(14)22)26-10-11-9-24-20(36(3,32)33)25-19(11)27(21(26)29)12-4-6-13(7-5-12)28(30)31/h4-9H,10H2,1-3H3. The Hall–Kier alpha value is -3.68. The lowest BCUT2D eigenvalue weighted by Gasteiger charge is -2.37. The van der Waals surface area contributed by atoms with Gasteiger partial charge in [-0.2, -0.15) is 4.98 Å². The van der Waals surface area contributed by atoms with Gasteiger partial charge in [-0.1, -0.05) is 23.2 Å². The molecule has 1 aliphatic rings. The minimum absolute atomic E-state index is 0.0114. The molecule has 4 rings (SSSR count). The minimum atomic E-state index is -3.81. The Morgan fingerprint density at radius 2 is 1.67 bits per heavy atom. The molecule has 0 spiro atoms. The molecule has 2 heterocycles. The lowest BCUT2D eigenvalue weighted by atomic mass is 10.1. The summed E-state index contributed by atoms with van der Waals surface area (Å²) < 4.78 is 34.8. The van der Waals surface area contributed by atoms with Gasteiger partial charge >= 0.3 is 6.03 Å². The number of sulfone groups is 1. The van der Waals surface area contributed by atoms with Gasteiger partial charge in [-0.15, -0.1) is 0 Å². The van der Waals surface area contributed by atoms with E-state index < -0.39 is 25.9 Å². The number of hydrogen-bond acceptors (Lipinski definition) is 9. The van der Waals surface area contributed by atoms with E-state index in [0.717, 1.165) is 11.2 Å². The number of ether oxygens (including phenoxy) is 2. The maximum atomic E-state index is 13.9. The molecule has 0 saturated carbocycles. The summed E-state index contributed by atoms with van der Waals surface area (Å²) in [6, 6.07) is 5.82. The van der Waals surface area contributed by atoms with E-state index in [-0.39, 0.29) is 51.0 Å². The Bertz CT molecular complexity index is 1470. The molecule has 1 aromatic heterocycles. The molecule has 0 unspecified atom stereocenters. The summed E-state index contributed by atoms with van der Waals surface area (Å²) in [6.45, 7) is -0.128. The molecule has 12 nitrogen and oxygen atoms in total.